The fourth-order valence-corrected chi connectivity index (χ4v) is 3.09. The fraction of sp³-hybridized carbons (Fsp3) is 0.250. The smallest absolute Gasteiger partial charge is 0.124 e. The number of nitrogens with one attached hydrogen (secondary N) is 1. The largest absolute Gasteiger partial charge is 0.375 e. The number of fused-ring (bicyclic) bond motifs is 1. The number of halogens is 1. The summed E-state index contributed by atoms with van der Waals surface area (Å²) in [5, 5.41) is 5.24. The van der Waals surface area contributed by atoms with Gasteiger partial charge in [-0.15, -0.1) is 11.3 Å². The van der Waals surface area contributed by atoms with E-state index >= 15 is 0 Å². The highest BCUT2D eigenvalue weighted by Crippen LogP contribution is 2.29. The maximum Gasteiger partial charge on any atom is 0.124 e. The van der Waals surface area contributed by atoms with E-state index in [1.807, 2.05) is 26.1 Å². The van der Waals surface area contributed by atoms with Gasteiger partial charge in [-0.2, -0.15) is 0 Å². The second-order valence-corrected chi connectivity index (χ2v) is 6.41. The van der Waals surface area contributed by atoms with E-state index in [9.17, 15) is 4.39 Å². The van der Waals surface area contributed by atoms with Gasteiger partial charge in [-0.05, 0) is 45.0 Å². The Labute approximate surface area is 126 Å². The lowest BCUT2D eigenvalue weighted by Crippen LogP contribution is -2.07. The molecule has 0 radical (unpaired) electrons. The summed E-state index contributed by atoms with van der Waals surface area (Å²) >= 11 is 1.66. The van der Waals surface area contributed by atoms with Crippen LogP contribution in [0.15, 0.2) is 30.5 Å². The van der Waals surface area contributed by atoms with Gasteiger partial charge < -0.3 is 5.32 Å². The number of anilines is 1. The van der Waals surface area contributed by atoms with E-state index < -0.39 is 0 Å². The van der Waals surface area contributed by atoms with Crippen molar-refractivity contribution in [3.8, 4) is 0 Å². The zero-order valence-electron chi connectivity index (χ0n) is 12.1. The zero-order chi connectivity index (χ0) is 15.0. The molecule has 3 aromatic rings. The molecular weight excluding hydrogens is 285 g/mol. The molecule has 21 heavy (non-hydrogen) atoms. The van der Waals surface area contributed by atoms with Gasteiger partial charge in [-0.1, -0.05) is 0 Å². The summed E-state index contributed by atoms with van der Waals surface area (Å²) < 4.78 is 13.5. The van der Waals surface area contributed by atoms with Crippen LogP contribution in [0.5, 0.6) is 0 Å². The molecule has 3 nitrogen and oxygen atoms in total. The summed E-state index contributed by atoms with van der Waals surface area (Å²) in [5.41, 5.74) is 2.58. The Hall–Kier alpha value is -2.01. The molecule has 108 valence electrons. The lowest BCUT2D eigenvalue weighted by molar-refractivity contribution is 0.629. The molecule has 0 spiro atoms. The molecule has 0 aliphatic carbocycles. The van der Waals surface area contributed by atoms with E-state index in [0.717, 1.165) is 27.3 Å². The van der Waals surface area contributed by atoms with Crippen LogP contribution in [0.4, 0.5) is 10.1 Å². The Morgan fingerprint density at radius 3 is 2.76 bits per heavy atom. The van der Waals surface area contributed by atoms with Gasteiger partial charge >= 0.3 is 0 Å². The van der Waals surface area contributed by atoms with Gasteiger partial charge in [0.05, 0.1) is 11.6 Å². The highest BCUT2D eigenvalue weighted by molar-refractivity contribution is 7.11. The molecule has 2 heterocycles. The number of thiazole rings is 1. The minimum Gasteiger partial charge on any atom is -0.375 e. The first-order valence-corrected chi connectivity index (χ1v) is 7.60. The van der Waals surface area contributed by atoms with Gasteiger partial charge in [0.2, 0.25) is 0 Å². The van der Waals surface area contributed by atoms with Crippen molar-refractivity contribution >= 4 is 27.9 Å². The molecule has 0 aliphatic heterocycles. The predicted molar refractivity (Wildman–Crippen MR) is 85.3 cm³/mol. The molecule has 0 saturated heterocycles. The second kappa shape index (κ2) is 5.41. The van der Waals surface area contributed by atoms with Crippen molar-refractivity contribution in [2.75, 3.05) is 5.32 Å². The normalized spacial score (nSPS) is 12.6. The Balaban J connectivity index is 2.01. The number of aromatic nitrogens is 2. The summed E-state index contributed by atoms with van der Waals surface area (Å²) in [5.74, 6) is -0.256. The molecule has 1 aromatic carbocycles. The number of aryl methyl sites for hydroxylation is 2. The summed E-state index contributed by atoms with van der Waals surface area (Å²) in [4.78, 5) is 10.0. The van der Waals surface area contributed by atoms with Crippen molar-refractivity contribution in [3.63, 3.8) is 0 Å². The molecule has 1 N–H and O–H groups in total. The number of hydrogen-bond donors (Lipinski definition) is 1. The first-order chi connectivity index (χ1) is 10.0. The molecule has 1 atom stereocenters. The van der Waals surface area contributed by atoms with Gasteiger partial charge in [-0.3, -0.25) is 4.98 Å². The van der Waals surface area contributed by atoms with Crippen LogP contribution in [0, 0.1) is 19.7 Å². The number of pyridine rings is 1. The molecule has 0 bridgehead atoms. The van der Waals surface area contributed by atoms with Crippen molar-refractivity contribution in [1.29, 1.82) is 0 Å². The first kappa shape index (κ1) is 13.9. The molecule has 1 unspecified atom stereocenters. The molecular formula is C16H16FN3S. The summed E-state index contributed by atoms with van der Waals surface area (Å²) in [7, 11) is 0. The molecule has 0 saturated carbocycles. The van der Waals surface area contributed by atoms with Crippen molar-refractivity contribution in [1.82, 2.24) is 9.97 Å². The Morgan fingerprint density at radius 1 is 1.24 bits per heavy atom. The fourth-order valence-electron chi connectivity index (χ4n) is 2.32. The Morgan fingerprint density at radius 2 is 2.05 bits per heavy atom. The third kappa shape index (κ3) is 2.88. The minimum absolute atomic E-state index is 0.0666. The number of rotatable bonds is 3. The summed E-state index contributed by atoms with van der Waals surface area (Å²) in [6.07, 6.45) is 1.87. The second-order valence-electron chi connectivity index (χ2n) is 5.15. The van der Waals surface area contributed by atoms with Crippen molar-refractivity contribution in [3.05, 3.63) is 51.9 Å². The van der Waals surface area contributed by atoms with E-state index in [1.165, 1.54) is 17.0 Å². The van der Waals surface area contributed by atoms with E-state index in [2.05, 4.69) is 22.2 Å². The summed E-state index contributed by atoms with van der Waals surface area (Å²) in [6, 6.07) is 6.67. The number of nitrogens with zero attached hydrogens (tertiary/aromatic N) is 2. The third-order valence-electron chi connectivity index (χ3n) is 3.28. The lowest BCUT2D eigenvalue weighted by atomic mass is 10.1. The zero-order valence-corrected chi connectivity index (χ0v) is 13.0. The Bertz CT molecular complexity index is 797. The number of hydrogen-bond acceptors (Lipinski definition) is 4. The van der Waals surface area contributed by atoms with Crippen LogP contribution >= 0.6 is 11.3 Å². The molecule has 2 aromatic heterocycles. The van der Waals surface area contributed by atoms with Gasteiger partial charge in [0.1, 0.15) is 10.8 Å². The van der Waals surface area contributed by atoms with Gasteiger partial charge in [0.25, 0.3) is 0 Å². The summed E-state index contributed by atoms with van der Waals surface area (Å²) in [6.45, 7) is 6.03. The van der Waals surface area contributed by atoms with E-state index in [4.69, 9.17) is 0 Å². The van der Waals surface area contributed by atoms with Crippen LogP contribution < -0.4 is 5.32 Å². The topological polar surface area (TPSA) is 37.8 Å². The lowest BCUT2D eigenvalue weighted by Gasteiger charge is -2.15. The Kier molecular flexibility index (Phi) is 3.59. The molecule has 0 fully saturated rings. The highest BCUT2D eigenvalue weighted by Gasteiger charge is 2.12. The molecule has 3 rings (SSSR count). The SMILES string of the molecule is Cc1cc(NC(C)c2ncc(C)s2)c2cc(F)ccc2n1. The monoisotopic (exact) mass is 301 g/mol. The van der Waals surface area contributed by atoms with Crippen LogP contribution in [-0.2, 0) is 0 Å². The van der Waals surface area contributed by atoms with Gasteiger partial charge in [-0.25, -0.2) is 9.37 Å². The van der Waals surface area contributed by atoms with Crippen LogP contribution in [0.3, 0.4) is 0 Å². The maximum atomic E-state index is 13.5. The van der Waals surface area contributed by atoms with Crippen molar-refractivity contribution in [2.24, 2.45) is 0 Å². The minimum atomic E-state index is -0.256. The average Bonchev–Trinajstić information content (AvgIpc) is 2.86. The maximum absolute atomic E-state index is 13.5. The van der Waals surface area contributed by atoms with Crippen LogP contribution in [0.25, 0.3) is 10.9 Å². The van der Waals surface area contributed by atoms with E-state index in [1.54, 1.807) is 17.4 Å². The van der Waals surface area contributed by atoms with Gasteiger partial charge in [0.15, 0.2) is 0 Å². The van der Waals surface area contributed by atoms with Crippen LogP contribution in [-0.4, -0.2) is 9.97 Å². The molecule has 5 heteroatoms. The predicted octanol–water partition coefficient (Wildman–Crippen LogP) is 4.62. The average molecular weight is 301 g/mol. The van der Waals surface area contributed by atoms with E-state index in [-0.39, 0.29) is 11.9 Å². The van der Waals surface area contributed by atoms with Gasteiger partial charge in [0, 0.05) is 27.8 Å². The van der Waals surface area contributed by atoms with E-state index in [0.29, 0.717) is 0 Å². The third-order valence-corrected chi connectivity index (χ3v) is 4.38. The van der Waals surface area contributed by atoms with Crippen LogP contribution in [0.2, 0.25) is 0 Å². The number of benzene rings is 1. The standard InChI is InChI=1S/C16H16FN3S/c1-9-6-15(13-7-12(17)4-5-14(13)19-9)20-11(3)16-18-8-10(2)21-16/h4-8,11H,1-3H3,(H,19,20). The van der Waals surface area contributed by atoms with Crippen LogP contribution in [0.1, 0.15) is 28.5 Å². The highest BCUT2D eigenvalue weighted by atomic mass is 32.1. The molecule has 0 aliphatic rings. The quantitative estimate of drug-likeness (QED) is 0.767. The van der Waals surface area contributed by atoms with Crippen molar-refractivity contribution < 1.29 is 4.39 Å². The van der Waals surface area contributed by atoms with Crippen molar-refractivity contribution in [2.45, 2.75) is 26.8 Å². The molecule has 0 amide bonds. The first-order valence-electron chi connectivity index (χ1n) is 6.79.